The third kappa shape index (κ3) is 4.62. The number of carbonyl (C=O) groups excluding carboxylic acids is 2. The number of Topliss-reactive ketones (excluding diaryl/α,β-unsaturated/α-hetero) is 1. The number of nitrogens with zero attached hydrogens (tertiary/aromatic N) is 1. The molecule has 0 aliphatic heterocycles. The van der Waals surface area contributed by atoms with Gasteiger partial charge in [-0.1, -0.05) is 12.1 Å². The number of esters is 1. The van der Waals surface area contributed by atoms with Crippen LogP contribution >= 0.6 is 0 Å². The second-order valence-electron chi connectivity index (χ2n) is 4.05. The van der Waals surface area contributed by atoms with Crippen LogP contribution in [0.1, 0.15) is 13.3 Å². The van der Waals surface area contributed by atoms with Gasteiger partial charge in [0.05, 0.1) is 25.9 Å². The number of anilines is 1. The summed E-state index contributed by atoms with van der Waals surface area (Å²) in [6.07, 6.45) is -0.201. The van der Waals surface area contributed by atoms with Crippen LogP contribution in [0, 0.1) is 0 Å². The zero-order valence-electron chi connectivity index (χ0n) is 11.5. The van der Waals surface area contributed by atoms with Crippen LogP contribution < -0.4 is 9.64 Å². The maximum absolute atomic E-state index is 11.7. The minimum Gasteiger partial charge on any atom is -0.495 e. The van der Waals surface area contributed by atoms with Crippen molar-refractivity contribution in [3.8, 4) is 5.75 Å². The molecule has 0 atom stereocenters. The molecule has 0 saturated heterocycles. The van der Waals surface area contributed by atoms with Crippen LogP contribution in [0.15, 0.2) is 24.3 Å². The van der Waals surface area contributed by atoms with Gasteiger partial charge in [0, 0.05) is 7.05 Å². The summed E-state index contributed by atoms with van der Waals surface area (Å²) in [5.74, 6) is 0.0155. The van der Waals surface area contributed by atoms with Crippen LogP contribution in [0.4, 0.5) is 5.69 Å². The molecule has 0 aliphatic carbocycles. The highest BCUT2D eigenvalue weighted by atomic mass is 16.5. The van der Waals surface area contributed by atoms with Crippen LogP contribution in [0.3, 0.4) is 0 Å². The third-order valence-corrected chi connectivity index (χ3v) is 2.56. The predicted molar refractivity (Wildman–Crippen MR) is 72.5 cm³/mol. The lowest BCUT2D eigenvalue weighted by Crippen LogP contribution is -2.27. The van der Waals surface area contributed by atoms with E-state index in [0.717, 1.165) is 5.69 Å². The molecule has 0 aliphatic rings. The summed E-state index contributed by atoms with van der Waals surface area (Å²) in [4.78, 5) is 24.7. The van der Waals surface area contributed by atoms with Crippen LogP contribution in [0.5, 0.6) is 5.75 Å². The van der Waals surface area contributed by atoms with Crippen LogP contribution in [-0.4, -0.2) is 39.1 Å². The Hall–Kier alpha value is -2.04. The van der Waals surface area contributed by atoms with Gasteiger partial charge in [0.15, 0.2) is 5.78 Å². The summed E-state index contributed by atoms with van der Waals surface area (Å²) in [7, 11) is 3.36. The molecule has 0 aromatic heterocycles. The number of benzene rings is 1. The van der Waals surface area contributed by atoms with E-state index in [2.05, 4.69) is 0 Å². The molecule has 0 N–H and O–H groups in total. The number of methoxy groups -OCH3 is 1. The first-order valence-electron chi connectivity index (χ1n) is 6.10. The molecule has 0 amide bonds. The number of ether oxygens (including phenoxy) is 2. The van der Waals surface area contributed by atoms with Crippen LogP contribution in [0.2, 0.25) is 0 Å². The Morgan fingerprint density at radius 2 is 1.95 bits per heavy atom. The van der Waals surface area contributed by atoms with Gasteiger partial charge in [0.25, 0.3) is 0 Å². The molecule has 1 rings (SSSR count). The average molecular weight is 265 g/mol. The van der Waals surface area contributed by atoms with Crippen molar-refractivity contribution in [2.24, 2.45) is 0 Å². The quantitative estimate of drug-likeness (QED) is 0.554. The van der Waals surface area contributed by atoms with Crippen molar-refractivity contribution in [2.75, 3.05) is 32.2 Å². The van der Waals surface area contributed by atoms with Crippen molar-refractivity contribution in [3.05, 3.63) is 24.3 Å². The molecule has 0 heterocycles. The summed E-state index contributed by atoms with van der Waals surface area (Å²) in [5, 5.41) is 0. The summed E-state index contributed by atoms with van der Waals surface area (Å²) >= 11 is 0. The minimum absolute atomic E-state index is 0.138. The van der Waals surface area contributed by atoms with E-state index in [4.69, 9.17) is 9.47 Å². The highest BCUT2D eigenvalue weighted by molar-refractivity contribution is 5.97. The molecule has 19 heavy (non-hydrogen) atoms. The summed E-state index contributed by atoms with van der Waals surface area (Å²) in [5.41, 5.74) is 0.808. The van der Waals surface area contributed by atoms with E-state index in [-0.39, 0.29) is 25.4 Å². The summed E-state index contributed by atoms with van der Waals surface area (Å²) in [6.45, 7) is 2.14. The van der Waals surface area contributed by atoms with Gasteiger partial charge in [-0.05, 0) is 19.1 Å². The molecular formula is C14H19NO4. The second kappa shape index (κ2) is 7.41. The van der Waals surface area contributed by atoms with E-state index in [1.54, 1.807) is 26.0 Å². The van der Waals surface area contributed by atoms with E-state index < -0.39 is 5.97 Å². The van der Waals surface area contributed by atoms with E-state index in [0.29, 0.717) is 5.75 Å². The lowest BCUT2D eigenvalue weighted by atomic mass is 10.2. The summed E-state index contributed by atoms with van der Waals surface area (Å²) < 4.78 is 9.96. The standard InChI is InChI=1S/C14H19NO4/c1-4-19-14(17)9-11(16)10-15(2)12-7-5-6-8-13(12)18-3/h5-8H,4,9-10H2,1-3H3. The number of hydrogen-bond donors (Lipinski definition) is 0. The Kier molecular flexibility index (Phi) is 5.85. The van der Waals surface area contributed by atoms with Crippen LogP contribution in [0.25, 0.3) is 0 Å². The number of carbonyl (C=O) groups is 2. The molecule has 104 valence electrons. The zero-order valence-corrected chi connectivity index (χ0v) is 11.5. The lowest BCUT2D eigenvalue weighted by molar-refractivity contribution is -0.145. The SMILES string of the molecule is CCOC(=O)CC(=O)CN(C)c1ccccc1OC. The van der Waals surface area contributed by atoms with Gasteiger partial charge in [0.2, 0.25) is 0 Å². The fourth-order valence-corrected chi connectivity index (χ4v) is 1.72. The monoisotopic (exact) mass is 265 g/mol. The second-order valence-corrected chi connectivity index (χ2v) is 4.05. The normalized spacial score (nSPS) is 9.84. The Labute approximate surface area is 113 Å². The third-order valence-electron chi connectivity index (χ3n) is 2.56. The molecule has 5 nitrogen and oxygen atoms in total. The molecule has 0 unspecified atom stereocenters. The molecular weight excluding hydrogens is 246 g/mol. The molecule has 1 aromatic carbocycles. The maximum atomic E-state index is 11.7. The van der Waals surface area contributed by atoms with Gasteiger partial charge in [-0.25, -0.2) is 0 Å². The Morgan fingerprint density at radius 1 is 1.26 bits per heavy atom. The topological polar surface area (TPSA) is 55.8 Å². The predicted octanol–water partition coefficient (Wildman–Crippen LogP) is 1.65. The van der Waals surface area contributed by atoms with Crippen molar-refractivity contribution >= 4 is 17.4 Å². The van der Waals surface area contributed by atoms with Crippen molar-refractivity contribution in [1.82, 2.24) is 0 Å². The Morgan fingerprint density at radius 3 is 2.58 bits per heavy atom. The number of rotatable bonds is 7. The van der Waals surface area contributed by atoms with Gasteiger partial charge < -0.3 is 14.4 Å². The van der Waals surface area contributed by atoms with Crippen molar-refractivity contribution in [3.63, 3.8) is 0 Å². The van der Waals surface area contributed by atoms with E-state index >= 15 is 0 Å². The summed E-state index contributed by atoms with van der Waals surface area (Å²) in [6, 6.07) is 7.40. The molecule has 0 fully saturated rings. The zero-order chi connectivity index (χ0) is 14.3. The molecule has 0 bridgehead atoms. The van der Waals surface area contributed by atoms with Gasteiger partial charge in [-0.2, -0.15) is 0 Å². The fourth-order valence-electron chi connectivity index (χ4n) is 1.72. The van der Waals surface area contributed by atoms with Crippen molar-refractivity contribution < 1.29 is 19.1 Å². The molecule has 0 radical (unpaired) electrons. The van der Waals surface area contributed by atoms with E-state index in [9.17, 15) is 9.59 Å². The lowest BCUT2D eigenvalue weighted by Gasteiger charge is -2.20. The highest BCUT2D eigenvalue weighted by Gasteiger charge is 2.14. The minimum atomic E-state index is -0.485. The Balaban J connectivity index is 2.61. The van der Waals surface area contributed by atoms with Crippen molar-refractivity contribution in [2.45, 2.75) is 13.3 Å². The number of para-hydroxylation sites is 2. The van der Waals surface area contributed by atoms with Gasteiger partial charge in [-0.15, -0.1) is 0 Å². The first kappa shape index (κ1) is 15.0. The van der Waals surface area contributed by atoms with Gasteiger partial charge >= 0.3 is 5.97 Å². The highest BCUT2D eigenvalue weighted by Crippen LogP contribution is 2.26. The number of ketones is 1. The Bertz CT molecular complexity index is 445. The van der Waals surface area contributed by atoms with Crippen molar-refractivity contribution in [1.29, 1.82) is 0 Å². The van der Waals surface area contributed by atoms with E-state index in [1.807, 2.05) is 24.3 Å². The van der Waals surface area contributed by atoms with E-state index in [1.165, 1.54) is 0 Å². The van der Waals surface area contributed by atoms with Gasteiger partial charge in [-0.3, -0.25) is 9.59 Å². The molecule has 5 heteroatoms. The molecule has 0 spiro atoms. The first-order chi connectivity index (χ1) is 9.08. The largest absolute Gasteiger partial charge is 0.495 e. The molecule has 0 saturated carbocycles. The first-order valence-corrected chi connectivity index (χ1v) is 6.10. The smallest absolute Gasteiger partial charge is 0.313 e. The van der Waals surface area contributed by atoms with Gasteiger partial charge in [0.1, 0.15) is 12.2 Å². The van der Waals surface area contributed by atoms with Crippen LogP contribution in [-0.2, 0) is 14.3 Å². The maximum Gasteiger partial charge on any atom is 0.313 e. The molecule has 1 aromatic rings. The number of likely N-dealkylation sites (N-methyl/N-ethyl adjacent to an activating group) is 1. The number of hydrogen-bond acceptors (Lipinski definition) is 5. The average Bonchev–Trinajstić information content (AvgIpc) is 2.38. The fraction of sp³-hybridized carbons (Fsp3) is 0.429.